The summed E-state index contributed by atoms with van der Waals surface area (Å²) in [5.74, 6) is 0.0892. The second-order valence-electron chi connectivity index (χ2n) is 4.30. The minimum atomic E-state index is -0.494. The van der Waals surface area contributed by atoms with E-state index in [-0.39, 0.29) is 11.3 Å². The van der Waals surface area contributed by atoms with Crippen LogP contribution >= 0.6 is 11.8 Å². The molecule has 0 atom stereocenters. The number of hydrogen-bond donors (Lipinski definition) is 1. The van der Waals surface area contributed by atoms with Crippen molar-refractivity contribution in [1.82, 2.24) is 0 Å². The summed E-state index contributed by atoms with van der Waals surface area (Å²) in [6.07, 6.45) is 1.75. The zero-order valence-corrected chi connectivity index (χ0v) is 12.8. The first kappa shape index (κ1) is 15.8. The monoisotopic (exact) mass is 318 g/mol. The van der Waals surface area contributed by atoms with Gasteiger partial charge in [-0.1, -0.05) is 12.1 Å². The Labute approximate surface area is 131 Å². The quantitative estimate of drug-likeness (QED) is 0.518. The number of carbonyl (C=O) groups excluding carboxylic acids is 1. The molecular weight excluding hydrogens is 304 g/mol. The molecule has 0 saturated carbocycles. The fraction of sp³-hybridized carbons (Fsp3) is 0.133. The molecule has 0 heterocycles. The van der Waals surface area contributed by atoms with E-state index in [0.717, 1.165) is 0 Å². The Hall–Kier alpha value is -2.54. The summed E-state index contributed by atoms with van der Waals surface area (Å²) in [5, 5.41) is 13.7. The van der Waals surface area contributed by atoms with Gasteiger partial charge < -0.3 is 10.1 Å². The summed E-state index contributed by atoms with van der Waals surface area (Å²) in [6, 6.07) is 11.4. The molecule has 2 rings (SSSR count). The average Bonchev–Trinajstić information content (AvgIpc) is 2.54. The number of nitrogens with zero attached hydrogens (tertiary/aromatic N) is 1. The molecule has 0 aliphatic heterocycles. The molecule has 2 aromatic carbocycles. The molecule has 22 heavy (non-hydrogen) atoms. The van der Waals surface area contributed by atoms with Crippen LogP contribution in [0, 0.1) is 10.1 Å². The van der Waals surface area contributed by atoms with Gasteiger partial charge in [-0.25, -0.2) is 0 Å². The number of nitro benzene ring substituents is 1. The molecule has 1 amide bonds. The van der Waals surface area contributed by atoms with Crippen LogP contribution in [-0.2, 0) is 0 Å². The average molecular weight is 318 g/mol. The van der Waals surface area contributed by atoms with Crippen molar-refractivity contribution in [2.24, 2.45) is 0 Å². The van der Waals surface area contributed by atoms with Gasteiger partial charge in [-0.15, -0.1) is 11.8 Å². The molecule has 0 radical (unpaired) electrons. The van der Waals surface area contributed by atoms with Crippen molar-refractivity contribution in [3.8, 4) is 5.75 Å². The maximum atomic E-state index is 12.3. The number of nitrogens with one attached hydrogen (secondary N) is 1. The van der Waals surface area contributed by atoms with Crippen molar-refractivity contribution in [2.45, 2.75) is 4.90 Å². The number of thioether (sulfide) groups is 1. The largest absolute Gasteiger partial charge is 0.495 e. The van der Waals surface area contributed by atoms with E-state index in [9.17, 15) is 14.9 Å². The molecule has 0 bridgehead atoms. The van der Waals surface area contributed by atoms with Crippen LogP contribution in [0.5, 0.6) is 5.75 Å². The molecule has 114 valence electrons. The van der Waals surface area contributed by atoms with Gasteiger partial charge in [0.05, 0.1) is 22.6 Å². The fourth-order valence-electron chi connectivity index (χ4n) is 1.92. The molecule has 0 aliphatic rings. The van der Waals surface area contributed by atoms with Crippen LogP contribution in [0.15, 0.2) is 47.4 Å². The molecule has 6 nitrogen and oxygen atoms in total. The van der Waals surface area contributed by atoms with Gasteiger partial charge >= 0.3 is 0 Å². The molecule has 7 heteroatoms. The highest BCUT2D eigenvalue weighted by Gasteiger charge is 2.17. The second kappa shape index (κ2) is 6.95. The lowest BCUT2D eigenvalue weighted by atomic mass is 10.2. The van der Waals surface area contributed by atoms with Crippen LogP contribution in [0.3, 0.4) is 0 Å². The van der Waals surface area contributed by atoms with Crippen LogP contribution in [-0.4, -0.2) is 24.2 Å². The predicted octanol–water partition coefficient (Wildman–Crippen LogP) is 3.58. The van der Waals surface area contributed by atoms with Crippen molar-refractivity contribution in [1.29, 1.82) is 0 Å². The van der Waals surface area contributed by atoms with E-state index in [4.69, 9.17) is 4.74 Å². The Bertz CT molecular complexity index is 718. The lowest BCUT2D eigenvalue weighted by molar-refractivity contribution is -0.387. The van der Waals surface area contributed by atoms with Crippen LogP contribution in [0.2, 0.25) is 0 Å². The van der Waals surface area contributed by atoms with Crippen LogP contribution in [0.4, 0.5) is 11.4 Å². The van der Waals surface area contributed by atoms with Gasteiger partial charge in [-0.05, 0) is 30.5 Å². The number of nitro groups is 1. The lowest BCUT2D eigenvalue weighted by Gasteiger charge is -2.10. The van der Waals surface area contributed by atoms with Gasteiger partial charge in [0.2, 0.25) is 0 Å². The highest BCUT2D eigenvalue weighted by Crippen LogP contribution is 2.29. The van der Waals surface area contributed by atoms with Gasteiger partial charge in [0.15, 0.2) is 0 Å². The minimum absolute atomic E-state index is 0.0832. The highest BCUT2D eigenvalue weighted by atomic mass is 32.2. The number of rotatable bonds is 5. The number of amides is 1. The molecule has 0 aliphatic carbocycles. The van der Waals surface area contributed by atoms with E-state index >= 15 is 0 Å². The second-order valence-corrected chi connectivity index (χ2v) is 5.15. The number of carbonyl (C=O) groups is 1. The first-order chi connectivity index (χ1) is 10.6. The van der Waals surface area contributed by atoms with Gasteiger partial charge in [-0.2, -0.15) is 0 Å². The van der Waals surface area contributed by atoms with E-state index in [2.05, 4.69) is 5.32 Å². The van der Waals surface area contributed by atoms with Gasteiger partial charge in [0, 0.05) is 11.6 Å². The van der Waals surface area contributed by atoms with E-state index in [0.29, 0.717) is 16.3 Å². The summed E-state index contributed by atoms with van der Waals surface area (Å²) < 4.78 is 5.15. The summed E-state index contributed by atoms with van der Waals surface area (Å²) in [7, 11) is 1.50. The van der Waals surface area contributed by atoms with Crippen LogP contribution < -0.4 is 10.1 Å². The maximum absolute atomic E-state index is 12.3. The smallest absolute Gasteiger partial charge is 0.283 e. The fourth-order valence-corrected chi connectivity index (χ4v) is 2.46. The van der Waals surface area contributed by atoms with Crippen molar-refractivity contribution < 1.29 is 14.5 Å². The number of anilines is 1. The molecule has 1 N–H and O–H groups in total. The SMILES string of the molecule is COc1ccccc1NC(=O)c1ccc(SC)c([N+](=O)[O-])c1. The topological polar surface area (TPSA) is 81.5 Å². The third-order valence-electron chi connectivity index (χ3n) is 2.99. The Balaban J connectivity index is 2.30. The summed E-state index contributed by atoms with van der Waals surface area (Å²) in [6.45, 7) is 0. The summed E-state index contributed by atoms with van der Waals surface area (Å²) >= 11 is 1.26. The van der Waals surface area contributed by atoms with E-state index in [1.807, 2.05) is 0 Å². The normalized spacial score (nSPS) is 10.1. The molecule has 0 saturated heterocycles. The Morgan fingerprint density at radius 1 is 1.27 bits per heavy atom. The number of methoxy groups -OCH3 is 1. The van der Waals surface area contributed by atoms with Crippen molar-refractivity contribution >= 4 is 29.0 Å². The summed E-state index contributed by atoms with van der Waals surface area (Å²) in [5.41, 5.74) is 0.641. The predicted molar refractivity (Wildman–Crippen MR) is 85.8 cm³/mol. The van der Waals surface area contributed by atoms with Gasteiger partial charge in [-0.3, -0.25) is 14.9 Å². The van der Waals surface area contributed by atoms with Gasteiger partial charge in [0.25, 0.3) is 11.6 Å². The summed E-state index contributed by atoms with van der Waals surface area (Å²) in [4.78, 5) is 23.3. The third-order valence-corrected chi connectivity index (χ3v) is 3.78. The van der Waals surface area contributed by atoms with Crippen molar-refractivity contribution in [3.05, 3.63) is 58.1 Å². The Morgan fingerprint density at radius 3 is 2.64 bits per heavy atom. The molecular formula is C15H14N2O4S. The van der Waals surface area contributed by atoms with Crippen LogP contribution in [0.1, 0.15) is 10.4 Å². The molecule has 0 unspecified atom stereocenters. The first-order valence-electron chi connectivity index (χ1n) is 6.33. The van der Waals surface area contributed by atoms with Crippen LogP contribution in [0.25, 0.3) is 0 Å². The number of benzene rings is 2. The highest BCUT2D eigenvalue weighted by molar-refractivity contribution is 7.98. The number of hydrogen-bond acceptors (Lipinski definition) is 5. The standard InChI is InChI=1S/C15H14N2O4S/c1-21-13-6-4-3-5-11(13)16-15(18)10-7-8-14(22-2)12(9-10)17(19)20/h3-9H,1-2H3,(H,16,18). The molecule has 2 aromatic rings. The molecule has 0 spiro atoms. The molecule has 0 aromatic heterocycles. The van der Waals surface area contributed by atoms with E-state index < -0.39 is 10.8 Å². The Morgan fingerprint density at radius 2 is 2.00 bits per heavy atom. The maximum Gasteiger partial charge on any atom is 0.283 e. The van der Waals surface area contributed by atoms with E-state index in [1.54, 1.807) is 42.7 Å². The first-order valence-corrected chi connectivity index (χ1v) is 7.56. The number of ether oxygens (including phenoxy) is 1. The van der Waals surface area contributed by atoms with Crippen molar-refractivity contribution in [2.75, 3.05) is 18.7 Å². The third kappa shape index (κ3) is 3.37. The molecule has 0 fully saturated rings. The van der Waals surface area contributed by atoms with Crippen molar-refractivity contribution in [3.63, 3.8) is 0 Å². The lowest BCUT2D eigenvalue weighted by Crippen LogP contribution is -2.13. The van der Waals surface area contributed by atoms with Gasteiger partial charge in [0.1, 0.15) is 5.75 Å². The zero-order valence-electron chi connectivity index (χ0n) is 12.0. The van der Waals surface area contributed by atoms with E-state index in [1.165, 1.54) is 24.9 Å². The number of para-hydroxylation sites is 2. The minimum Gasteiger partial charge on any atom is -0.495 e. The Kier molecular flexibility index (Phi) is 5.00. The zero-order chi connectivity index (χ0) is 16.1.